The third kappa shape index (κ3) is 3.27. The molecule has 0 heterocycles. The van der Waals surface area contributed by atoms with Gasteiger partial charge in [-0.15, -0.1) is 0 Å². The first-order chi connectivity index (χ1) is 18.6. The quantitative estimate of drug-likeness (QED) is 0.0469. The molecular weight excluding hydrogens is 498 g/mol. The van der Waals surface area contributed by atoms with Crippen LogP contribution in [0.1, 0.15) is 31.8 Å². The molecule has 6 aromatic rings. The number of aromatic carboxylic acids is 2. The van der Waals surface area contributed by atoms with Gasteiger partial charge >= 0.3 is 11.9 Å². The summed E-state index contributed by atoms with van der Waals surface area (Å²) in [5.41, 5.74) is 7.56. The molecule has 9 heteroatoms. The zero-order valence-electron chi connectivity index (χ0n) is 20.0. The van der Waals surface area contributed by atoms with Crippen LogP contribution >= 0.6 is 0 Å². The van der Waals surface area contributed by atoms with Gasteiger partial charge in [-0.05, 0) is 79.8 Å². The normalized spacial score (nSPS) is 11.5. The summed E-state index contributed by atoms with van der Waals surface area (Å²) in [6.45, 7) is 0. The van der Waals surface area contributed by atoms with Crippen LogP contribution < -0.4 is 5.73 Å². The third-order valence-corrected chi connectivity index (χ3v) is 7.17. The maximum Gasteiger partial charge on any atom is 0.336 e. The van der Waals surface area contributed by atoms with E-state index in [1.165, 1.54) is 18.2 Å². The molecule has 0 saturated heterocycles. The Hall–Kier alpha value is -5.70. The van der Waals surface area contributed by atoms with Crippen molar-refractivity contribution in [3.05, 3.63) is 89.0 Å². The number of aliphatic hydroxyl groups excluding tert-OH is 2. The molecule has 0 saturated carbocycles. The molecule has 0 aromatic heterocycles. The summed E-state index contributed by atoms with van der Waals surface area (Å²) < 4.78 is 0. The molecule has 6 rings (SSSR count). The van der Waals surface area contributed by atoms with Crippen LogP contribution in [-0.2, 0) is 0 Å². The Morgan fingerprint density at radius 2 is 1.10 bits per heavy atom. The number of anilines is 1. The molecule has 0 fully saturated rings. The van der Waals surface area contributed by atoms with Gasteiger partial charge in [0.1, 0.15) is 0 Å². The molecule has 9 nitrogen and oxygen atoms in total. The Balaban J connectivity index is 2.02. The van der Waals surface area contributed by atoms with Crippen LogP contribution in [0, 0.1) is 10.8 Å². The first-order valence-electron chi connectivity index (χ1n) is 11.7. The van der Waals surface area contributed by atoms with Crippen molar-refractivity contribution in [2.45, 2.75) is 0 Å². The molecule has 0 bridgehead atoms. The largest absolute Gasteiger partial charge is 0.493 e. The van der Waals surface area contributed by atoms with E-state index >= 15 is 0 Å². The van der Waals surface area contributed by atoms with Crippen LogP contribution in [0.5, 0.6) is 0 Å². The van der Waals surface area contributed by atoms with Gasteiger partial charge in [0.25, 0.3) is 0 Å². The Morgan fingerprint density at radius 1 is 0.564 bits per heavy atom. The van der Waals surface area contributed by atoms with Crippen molar-refractivity contribution in [3.63, 3.8) is 0 Å². The first kappa shape index (κ1) is 23.7. The number of carboxylic acids is 2. The molecule has 0 amide bonds. The highest BCUT2D eigenvalue weighted by Gasteiger charge is 2.26. The molecule has 0 radical (unpaired) electrons. The predicted molar refractivity (Wildman–Crippen MR) is 150 cm³/mol. The molecule has 0 spiro atoms. The van der Waals surface area contributed by atoms with Gasteiger partial charge < -0.3 is 26.2 Å². The number of hydrogen-bond acceptors (Lipinski definition) is 5. The Kier molecular flexibility index (Phi) is 4.95. The molecular formula is C30H19N3O6. The highest BCUT2D eigenvalue weighted by molar-refractivity contribution is 6.40. The predicted octanol–water partition coefficient (Wildman–Crippen LogP) is 6.15. The molecule has 0 aliphatic heterocycles. The van der Waals surface area contributed by atoms with Gasteiger partial charge in [-0.25, -0.2) is 9.59 Å². The van der Waals surface area contributed by atoms with E-state index in [4.69, 9.17) is 16.6 Å². The minimum absolute atomic E-state index is 0.0697. The van der Waals surface area contributed by atoms with E-state index in [2.05, 4.69) is 0 Å². The third-order valence-electron chi connectivity index (χ3n) is 7.17. The van der Waals surface area contributed by atoms with Crippen molar-refractivity contribution < 1.29 is 30.0 Å². The zero-order chi connectivity index (χ0) is 27.7. The fraction of sp³-hybridized carbons (Fsp3) is 0. The van der Waals surface area contributed by atoms with Crippen LogP contribution in [0.4, 0.5) is 5.69 Å². The van der Waals surface area contributed by atoms with E-state index in [9.17, 15) is 30.0 Å². The molecule has 8 N–H and O–H groups in total. The van der Waals surface area contributed by atoms with Crippen LogP contribution in [0.3, 0.4) is 0 Å². The fourth-order valence-corrected chi connectivity index (χ4v) is 5.67. The summed E-state index contributed by atoms with van der Waals surface area (Å²) >= 11 is 0. The summed E-state index contributed by atoms with van der Waals surface area (Å²) in [6, 6.07) is 17.6. The van der Waals surface area contributed by atoms with Gasteiger partial charge in [-0.3, -0.25) is 10.8 Å². The van der Waals surface area contributed by atoms with Crippen LogP contribution in [0.15, 0.2) is 66.7 Å². The molecule has 39 heavy (non-hydrogen) atoms. The first-order valence-corrected chi connectivity index (χ1v) is 11.7. The lowest BCUT2D eigenvalue weighted by Gasteiger charge is -2.22. The van der Waals surface area contributed by atoms with Crippen LogP contribution in [0.2, 0.25) is 0 Å². The highest BCUT2D eigenvalue weighted by Crippen LogP contribution is 2.47. The second-order valence-corrected chi connectivity index (χ2v) is 9.26. The molecule has 0 unspecified atom stereocenters. The minimum Gasteiger partial charge on any atom is -0.493 e. The SMILES string of the molecule is N=C(O)c1ccc2c3ccc(C(=O)O)c4c(C(=O)O)ccc(c5c(-c6cccc(N)c6)cc(C(=N)O)c1c25)c43. The summed E-state index contributed by atoms with van der Waals surface area (Å²) in [6.07, 6.45) is 0. The molecule has 0 atom stereocenters. The van der Waals surface area contributed by atoms with Gasteiger partial charge in [-0.2, -0.15) is 0 Å². The lowest BCUT2D eigenvalue weighted by molar-refractivity contribution is 0.0695. The Bertz CT molecular complexity index is 2080. The Morgan fingerprint density at radius 3 is 1.67 bits per heavy atom. The van der Waals surface area contributed by atoms with E-state index in [1.807, 2.05) is 0 Å². The van der Waals surface area contributed by atoms with Crippen molar-refractivity contribution in [1.29, 1.82) is 10.8 Å². The summed E-state index contributed by atoms with van der Waals surface area (Å²) in [7, 11) is 0. The van der Waals surface area contributed by atoms with Gasteiger partial charge in [-0.1, -0.05) is 30.3 Å². The van der Waals surface area contributed by atoms with E-state index in [-0.39, 0.29) is 33.0 Å². The topological polar surface area (TPSA) is 189 Å². The standard InChI is InChI=1S/C30H19N3O6/c31-13-3-1-2-12(10-13)20-11-21(28(33)35)24-17(27(32)34)7-4-15-14-5-8-18(29(36)37)25-19(30(38)39)9-6-16(22(14)25)23(20)26(15)24/h1-11H,31H2,(H2,32,34)(H2,33,35)(H,36,37)(H,38,39). The van der Waals surface area contributed by atoms with Crippen LogP contribution in [-0.4, -0.2) is 44.2 Å². The fourth-order valence-electron chi connectivity index (χ4n) is 5.67. The second-order valence-electron chi connectivity index (χ2n) is 9.26. The van der Waals surface area contributed by atoms with E-state index in [0.717, 1.165) is 0 Å². The van der Waals surface area contributed by atoms with Gasteiger partial charge in [0.05, 0.1) is 11.1 Å². The monoisotopic (exact) mass is 517 g/mol. The van der Waals surface area contributed by atoms with Crippen molar-refractivity contribution in [2.75, 3.05) is 5.73 Å². The number of nitrogens with two attached hydrogens (primary N) is 1. The number of rotatable bonds is 5. The van der Waals surface area contributed by atoms with Crippen molar-refractivity contribution >= 4 is 72.5 Å². The number of fused-ring (bicyclic) bond motifs is 2. The lowest BCUT2D eigenvalue weighted by atomic mass is 9.81. The lowest BCUT2D eigenvalue weighted by Crippen LogP contribution is -2.08. The molecule has 0 aliphatic carbocycles. The van der Waals surface area contributed by atoms with Gasteiger partial charge in [0.2, 0.25) is 11.8 Å². The molecule has 6 aromatic carbocycles. The summed E-state index contributed by atoms with van der Waals surface area (Å²) in [4.78, 5) is 24.4. The number of benzene rings is 6. The Labute approximate surface area is 219 Å². The van der Waals surface area contributed by atoms with E-state index in [0.29, 0.717) is 49.1 Å². The highest BCUT2D eigenvalue weighted by atomic mass is 16.4. The average molecular weight is 517 g/mol. The number of nitrogen functional groups attached to an aromatic ring is 1. The molecule has 0 aliphatic rings. The number of hydrogen-bond donors (Lipinski definition) is 7. The van der Waals surface area contributed by atoms with Crippen LogP contribution in [0.25, 0.3) is 54.2 Å². The second kappa shape index (κ2) is 8.15. The van der Waals surface area contributed by atoms with Gasteiger partial charge in [0.15, 0.2) is 0 Å². The van der Waals surface area contributed by atoms with Crippen molar-refractivity contribution in [1.82, 2.24) is 0 Å². The summed E-state index contributed by atoms with van der Waals surface area (Å²) in [5.74, 6) is -4.09. The number of nitrogens with one attached hydrogen (secondary N) is 2. The number of carbonyl (C=O) groups is 2. The summed E-state index contributed by atoms with van der Waals surface area (Å²) in [5, 5.41) is 60.2. The smallest absolute Gasteiger partial charge is 0.336 e. The van der Waals surface area contributed by atoms with E-state index < -0.39 is 23.7 Å². The van der Waals surface area contributed by atoms with Gasteiger partial charge in [0, 0.05) is 27.6 Å². The number of carboxylic acid groups (broad SMARTS) is 2. The average Bonchev–Trinajstić information content (AvgIpc) is 2.89. The minimum atomic E-state index is -1.28. The van der Waals surface area contributed by atoms with Crippen molar-refractivity contribution in [3.8, 4) is 11.1 Å². The maximum absolute atomic E-state index is 12.2. The zero-order valence-corrected chi connectivity index (χ0v) is 20.0. The number of aliphatic hydroxyl groups is 2. The van der Waals surface area contributed by atoms with E-state index in [1.54, 1.807) is 48.5 Å². The van der Waals surface area contributed by atoms with Crippen molar-refractivity contribution in [2.24, 2.45) is 0 Å². The molecule has 190 valence electrons. The maximum atomic E-state index is 12.2.